The van der Waals surface area contributed by atoms with Crippen LogP contribution in [0.2, 0.25) is 0 Å². The fourth-order valence-electron chi connectivity index (χ4n) is 3.99. The SMILES string of the molecule is Cc1ccc(-c2ccc(-c3cc(-c4ccccc4)cc(-c4ccccc4)c3)cc2)cc1. The van der Waals surface area contributed by atoms with Gasteiger partial charge in [0.15, 0.2) is 0 Å². The number of rotatable bonds is 4. The van der Waals surface area contributed by atoms with E-state index >= 15 is 0 Å². The number of benzene rings is 5. The molecule has 0 aliphatic carbocycles. The first kappa shape index (κ1) is 19.1. The second-order valence-corrected chi connectivity index (χ2v) is 7.97. The molecule has 0 heteroatoms. The highest BCUT2D eigenvalue weighted by molar-refractivity contribution is 5.82. The second-order valence-electron chi connectivity index (χ2n) is 7.97. The molecule has 0 saturated carbocycles. The van der Waals surface area contributed by atoms with Gasteiger partial charge < -0.3 is 0 Å². The Labute approximate surface area is 184 Å². The van der Waals surface area contributed by atoms with Crippen LogP contribution in [0, 0.1) is 6.92 Å². The minimum atomic E-state index is 1.23. The van der Waals surface area contributed by atoms with E-state index in [2.05, 4.69) is 134 Å². The van der Waals surface area contributed by atoms with E-state index in [0.29, 0.717) is 0 Å². The Morgan fingerprint density at radius 2 is 0.581 bits per heavy atom. The topological polar surface area (TPSA) is 0 Å². The Balaban J connectivity index is 1.58. The van der Waals surface area contributed by atoms with Gasteiger partial charge in [0, 0.05) is 0 Å². The van der Waals surface area contributed by atoms with Gasteiger partial charge in [-0.2, -0.15) is 0 Å². The van der Waals surface area contributed by atoms with E-state index < -0.39 is 0 Å². The molecular formula is C31H24. The quantitative estimate of drug-likeness (QED) is 0.285. The maximum atomic E-state index is 2.29. The van der Waals surface area contributed by atoms with Gasteiger partial charge in [-0.3, -0.25) is 0 Å². The molecule has 0 aliphatic rings. The highest BCUT2D eigenvalue weighted by Crippen LogP contribution is 2.33. The van der Waals surface area contributed by atoms with Crippen LogP contribution in [0.1, 0.15) is 5.56 Å². The minimum absolute atomic E-state index is 1.23. The van der Waals surface area contributed by atoms with Crippen molar-refractivity contribution >= 4 is 0 Å². The summed E-state index contributed by atoms with van der Waals surface area (Å²) in [6.45, 7) is 2.12. The smallest absolute Gasteiger partial charge is 0.0172 e. The molecule has 0 spiro atoms. The number of aryl methyl sites for hydroxylation is 1. The monoisotopic (exact) mass is 396 g/mol. The molecule has 5 rings (SSSR count). The van der Waals surface area contributed by atoms with Crippen LogP contribution in [0.25, 0.3) is 44.5 Å². The Hall–Kier alpha value is -3.90. The standard InChI is InChI=1S/C31H24/c1-23-12-14-26(15-13-23)27-16-18-28(19-17-27)31-21-29(24-8-4-2-5-9-24)20-30(22-31)25-10-6-3-7-11-25/h2-22H,1H3. The van der Waals surface area contributed by atoms with Crippen LogP contribution in [-0.2, 0) is 0 Å². The van der Waals surface area contributed by atoms with Gasteiger partial charge in [-0.25, -0.2) is 0 Å². The van der Waals surface area contributed by atoms with E-state index in [0.717, 1.165) is 0 Å². The zero-order valence-electron chi connectivity index (χ0n) is 17.6. The van der Waals surface area contributed by atoms with E-state index in [4.69, 9.17) is 0 Å². The van der Waals surface area contributed by atoms with E-state index in [-0.39, 0.29) is 0 Å². The van der Waals surface area contributed by atoms with Crippen LogP contribution in [-0.4, -0.2) is 0 Å². The first-order valence-electron chi connectivity index (χ1n) is 10.7. The molecule has 0 N–H and O–H groups in total. The van der Waals surface area contributed by atoms with Gasteiger partial charge >= 0.3 is 0 Å². The summed E-state index contributed by atoms with van der Waals surface area (Å²) in [5.74, 6) is 0. The third kappa shape index (κ3) is 4.20. The number of hydrogen-bond acceptors (Lipinski definition) is 0. The van der Waals surface area contributed by atoms with Crippen molar-refractivity contribution in [1.82, 2.24) is 0 Å². The summed E-state index contributed by atoms with van der Waals surface area (Å²) in [4.78, 5) is 0. The van der Waals surface area contributed by atoms with Crippen LogP contribution in [0.5, 0.6) is 0 Å². The van der Waals surface area contributed by atoms with Crippen molar-refractivity contribution in [2.75, 3.05) is 0 Å². The molecule has 0 heterocycles. The maximum absolute atomic E-state index is 2.29. The molecule has 0 aromatic heterocycles. The Morgan fingerprint density at radius 3 is 0.968 bits per heavy atom. The lowest BCUT2D eigenvalue weighted by molar-refractivity contribution is 1.47. The molecule has 5 aromatic rings. The average Bonchev–Trinajstić information content (AvgIpc) is 2.85. The average molecular weight is 397 g/mol. The van der Waals surface area contributed by atoms with Gasteiger partial charge in [0.2, 0.25) is 0 Å². The van der Waals surface area contributed by atoms with Crippen LogP contribution in [0.3, 0.4) is 0 Å². The minimum Gasteiger partial charge on any atom is -0.0622 e. The predicted molar refractivity (Wildman–Crippen MR) is 133 cm³/mol. The van der Waals surface area contributed by atoms with Gasteiger partial charge in [-0.15, -0.1) is 0 Å². The maximum Gasteiger partial charge on any atom is -0.0172 e. The molecule has 148 valence electrons. The molecule has 0 fully saturated rings. The zero-order valence-corrected chi connectivity index (χ0v) is 17.6. The summed E-state index contributed by atoms with van der Waals surface area (Å²) >= 11 is 0. The van der Waals surface area contributed by atoms with Crippen molar-refractivity contribution in [2.45, 2.75) is 6.92 Å². The van der Waals surface area contributed by atoms with Crippen molar-refractivity contribution in [3.05, 3.63) is 133 Å². The molecule has 0 bridgehead atoms. The van der Waals surface area contributed by atoms with Gasteiger partial charge in [0.05, 0.1) is 0 Å². The Morgan fingerprint density at radius 1 is 0.290 bits per heavy atom. The van der Waals surface area contributed by atoms with E-state index in [1.807, 2.05) is 0 Å². The highest BCUT2D eigenvalue weighted by atomic mass is 14.1. The predicted octanol–water partition coefficient (Wildman–Crippen LogP) is 8.66. The van der Waals surface area contributed by atoms with Crippen LogP contribution >= 0.6 is 0 Å². The lowest BCUT2D eigenvalue weighted by atomic mass is 9.92. The normalized spacial score (nSPS) is 10.7. The molecule has 0 saturated heterocycles. The van der Waals surface area contributed by atoms with Crippen molar-refractivity contribution in [2.24, 2.45) is 0 Å². The van der Waals surface area contributed by atoms with Gasteiger partial charge in [0.25, 0.3) is 0 Å². The third-order valence-electron chi connectivity index (χ3n) is 5.75. The molecule has 5 aromatic carbocycles. The Bertz CT molecular complexity index is 1220. The van der Waals surface area contributed by atoms with E-state index in [1.54, 1.807) is 0 Å². The van der Waals surface area contributed by atoms with Gasteiger partial charge in [0.1, 0.15) is 0 Å². The summed E-state index contributed by atoms with van der Waals surface area (Å²) in [7, 11) is 0. The summed E-state index contributed by atoms with van der Waals surface area (Å²) in [5.41, 5.74) is 11.2. The first-order valence-corrected chi connectivity index (χ1v) is 10.7. The lowest BCUT2D eigenvalue weighted by Gasteiger charge is -2.12. The summed E-state index contributed by atoms with van der Waals surface area (Å²) in [6.07, 6.45) is 0. The molecule has 31 heavy (non-hydrogen) atoms. The number of hydrogen-bond donors (Lipinski definition) is 0. The fourth-order valence-corrected chi connectivity index (χ4v) is 3.99. The molecule has 0 unspecified atom stereocenters. The molecule has 0 atom stereocenters. The molecule has 0 radical (unpaired) electrons. The molecule has 0 aliphatic heterocycles. The van der Waals surface area contributed by atoms with Crippen molar-refractivity contribution < 1.29 is 0 Å². The van der Waals surface area contributed by atoms with Gasteiger partial charge in [-0.1, -0.05) is 115 Å². The molecule has 0 nitrogen and oxygen atoms in total. The molecular weight excluding hydrogens is 372 g/mol. The summed E-state index contributed by atoms with van der Waals surface area (Å²) < 4.78 is 0. The Kier molecular flexibility index (Phi) is 5.21. The first-order chi connectivity index (χ1) is 15.3. The van der Waals surface area contributed by atoms with Crippen LogP contribution in [0.4, 0.5) is 0 Å². The van der Waals surface area contributed by atoms with E-state index in [1.165, 1.54) is 50.1 Å². The molecule has 0 amide bonds. The van der Waals surface area contributed by atoms with E-state index in [9.17, 15) is 0 Å². The zero-order chi connectivity index (χ0) is 21.0. The third-order valence-corrected chi connectivity index (χ3v) is 5.75. The van der Waals surface area contributed by atoms with Gasteiger partial charge in [-0.05, 0) is 69.6 Å². The summed E-state index contributed by atoms with van der Waals surface area (Å²) in [6, 6.07) is 45.7. The second kappa shape index (κ2) is 8.45. The fraction of sp³-hybridized carbons (Fsp3) is 0.0323. The largest absolute Gasteiger partial charge is 0.0622 e. The highest BCUT2D eigenvalue weighted by Gasteiger charge is 2.08. The summed E-state index contributed by atoms with van der Waals surface area (Å²) in [5, 5.41) is 0. The van der Waals surface area contributed by atoms with Crippen LogP contribution in [0.15, 0.2) is 127 Å². The van der Waals surface area contributed by atoms with Crippen LogP contribution < -0.4 is 0 Å². The van der Waals surface area contributed by atoms with Crippen molar-refractivity contribution in [3.8, 4) is 44.5 Å². The van der Waals surface area contributed by atoms with Crippen molar-refractivity contribution in [1.29, 1.82) is 0 Å². The lowest BCUT2D eigenvalue weighted by Crippen LogP contribution is -1.86. The van der Waals surface area contributed by atoms with Crippen molar-refractivity contribution in [3.63, 3.8) is 0 Å².